The van der Waals surface area contributed by atoms with Gasteiger partial charge in [0.05, 0.1) is 0 Å². The molecule has 0 fully saturated rings. The molecule has 0 aliphatic rings. The normalized spacial score (nSPS) is 8.79. The molecule has 3 nitrogen and oxygen atoms in total. The molecule has 1 aromatic rings. The average Bonchev–Trinajstić information content (AvgIpc) is 2.19. The van der Waals surface area contributed by atoms with Crippen molar-refractivity contribution in [2.24, 2.45) is 0 Å². The Hall–Kier alpha value is -1.44. The van der Waals surface area contributed by atoms with E-state index in [2.05, 4.69) is 11.8 Å². The molecule has 1 rings (SSSR count). The molecule has 0 saturated carbocycles. The van der Waals surface area contributed by atoms with E-state index in [-0.39, 0.29) is 0 Å². The van der Waals surface area contributed by atoms with Gasteiger partial charge in [-0.25, -0.2) is 0 Å². The third kappa shape index (κ3) is 3.13. The van der Waals surface area contributed by atoms with E-state index in [9.17, 15) is 0 Å². The first-order valence-corrected chi connectivity index (χ1v) is 4.22. The highest BCUT2D eigenvalue weighted by molar-refractivity contribution is 6.58. The fourth-order valence-electron chi connectivity index (χ4n) is 0.928. The van der Waals surface area contributed by atoms with Gasteiger partial charge in [0.1, 0.15) is 12.4 Å². The van der Waals surface area contributed by atoms with E-state index in [0.717, 1.165) is 0 Å². The molecule has 72 valence electrons. The van der Waals surface area contributed by atoms with E-state index in [0.29, 0.717) is 17.8 Å². The Morgan fingerprint density at radius 2 is 1.93 bits per heavy atom. The molecule has 0 spiro atoms. The molecule has 0 atom stereocenters. The fraction of sp³-hybridized carbons (Fsp3) is 0.200. The Labute approximate surface area is 83.5 Å². The maximum absolute atomic E-state index is 8.82. The predicted octanol–water partition coefficient (Wildman–Crippen LogP) is -0.231. The Bertz CT molecular complexity index is 335. The first-order valence-electron chi connectivity index (χ1n) is 4.22. The van der Waals surface area contributed by atoms with Crippen LogP contribution < -0.4 is 10.2 Å². The van der Waals surface area contributed by atoms with Gasteiger partial charge in [0.25, 0.3) is 0 Å². The molecule has 14 heavy (non-hydrogen) atoms. The molecule has 0 heterocycles. The number of hydrogen-bond donors (Lipinski definition) is 2. The Kier molecular flexibility index (Phi) is 4.05. The number of benzene rings is 1. The maximum atomic E-state index is 8.82. The van der Waals surface area contributed by atoms with Gasteiger partial charge in [-0.2, -0.15) is 0 Å². The lowest BCUT2D eigenvalue weighted by Gasteiger charge is -2.03. The van der Waals surface area contributed by atoms with Gasteiger partial charge in [-0.05, 0) is 24.5 Å². The van der Waals surface area contributed by atoms with Gasteiger partial charge >= 0.3 is 7.12 Å². The van der Waals surface area contributed by atoms with Gasteiger partial charge in [-0.15, -0.1) is 5.92 Å². The van der Waals surface area contributed by atoms with Crippen molar-refractivity contribution in [1.82, 2.24) is 0 Å². The zero-order valence-electron chi connectivity index (χ0n) is 7.90. The van der Waals surface area contributed by atoms with Crippen LogP contribution in [0.25, 0.3) is 0 Å². The molecule has 0 bridgehead atoms. The number of ether oxygens (including phenoxy) is 1. The number of rotatable bonds is 3. The standard InChI is InChI=1S/C10H11BO3/c1-2-3-8-14-10-6-4-9(5-7-10)11(12)13/h4-7,12-13H,8H2,1H3. The highest BCUT2D eigenvalue weighted by Crippen LogP contribution is 2.06. The minimum atomic E-state index is -1.43. The smallest absolute Gasteiger partial charge is 0.481 e. The molecule has 0 aliphatic heterocycles. The van der Waals surface area contributed by atoms with Crippen LogP contribution in [0.3, 0.4) is 0 Å². The molecule has 0 aromatic heterocycles. The summed E-state index contributed by atoms with van der Waals surface area (Å²) in [6.45, 7) is 2.09. The lowest BCUT2D eigenvalue weighted by atomic mass is 9.80. The van der Waals surface area contributed by atoms with E-state index in [1.54, 1.807) is 31.2 Å². The van der Waals surface area contributed by atoms with Crippen molar-refractivity contribution in [3.8, 4) is 17.6 Å². The van der Waals surface area contributed by atoms with Crippen LogP contribution in [0.2, 0.25) is 0 Å². The second-order valence-corrected chi connectivity index (χ2v) is 2.66. The van der Waals surface area contributed by atoms with Crippen LogP contribution in [0.5, 0.6) is 5.75 Å². The summed E-state index contributed by atoms with van der Waals surface area (Å²) in [4.78, 5) is 0. The first-order chi connectivity index (χ1) is 6.74. The van der Waals surface area contributed by atoms with Crippen LogP contribution >= 0.6 is 0 Å². The Morgan fingerprint density at radius 3 is 2.43 bits per heavy atom. The monoisotopic (exact) mass is 190 g/mol. The third-order valence-corrected chi connectivity index (χ3v) is 1.67. The van der Waals surface area contributed by atoms with Gasteiger partial charge in [0, 0.05) is 0 Å². The maximum Gasteiger partial charge on any atom is 0.488 e. The first kappa shape index (κ1) is 10.6. The van der Waals surface area contributed by atoms with Gasteiger partial charge in [0.15, 0.2) is 0 Å². The van der Waals surface area contributed by atoms with Crippen molar-refractivity contribution in [3.05, 3.63) is 24.3 Å². The minimum Gasteiger partial charge on any atom is -0.481 e. The second-order valence-electron chi connectivity index (χ2n) is 2.66. The summed E-state index contributed by atoms with van der Waals surface area (Å²) in [7, 11) is -1.43. The summed E-state index contributed by atoms with van der Waals surface area (Å²) in [6.07, 6.45) is 0. The molecule has 4 heteroatoms. The fourth-order valence-corrected chi connectivity index (χ4v) is 0.928. The summed E-state index contributed by atoms with van der Waals surface area (Å²) >= 11 is 0. The topological polar surface area (TPSA) is 49.7 Å². The predicted molar refractivity (Wildman–Crippen MR) is 55.2 cm³/mol. The van der Waals surface area contributed by atoms with Crippen LogP contribution in [0.4, 0.5) is 0 Å². The Balaban J connectivity index is 2.58. The molecule has 0 saturated heterocycles. The summed E-state index contributed by atoms with van der Waals surface area (Å²) < 4.78 is 5.24. The number of hydrogen-bond acceptors (Lipinski definition) is 3. The van der Waals surface area contributed by atoms with Crippen molar-refractivity contribution in [3.63, 3.8) is 0 Å². The minimum absolute atomic E-state index is 0.345. The van der Waals surface area contributed by atoms with Crippen molar-refractivity contribution in [2.75, 3.05) is 6.61 Å². The van der Waals surface area contributed by atoms with Crippen molar-refractivity contribution in [2.45, 2.75) is 6.92 Å². The van der Waals surface area contributed by atoms with E-state index in [4.69, 9.17) is 14.8 Å². The zero-order chi connectivity index (χ0) is 10.4. The SMILES string of the molecule is CC#CCOc1ccc(B(O)O)cc1. The van der Waals surface area contributed by atoms with E-state index in [1.165, 1.54) is 0 Å². The highest BCUT2D eigenvalue weighted by Gasteiger charge is 2.09. The molecular weight excluding hydrogens is 179 g/mol. The summed E-state index contributed by atoms with van der Waals surface area (Å²) in [6, 6.07) is 6.54. The Morgan fingerprint density at radius 1 is 1.29 bits per heavy atom. The largest absolute Gasteiger partial charge is 0.488 e. The summed E-state index contributed by atoms with van der Waals surface area (Å²) in [5, 5.41) is 17.6. The summed E-state index contributed by atoms with van der Waals surface area (Å²) in [5.41, 5.74) is 0.443. The summed E-state index contributed by atoms with van der Waals surface area (Å²) in [5.74, 6) is 6.14. The van der Waals surface area contributed by atoms with Crippen LogP contribution in [-0.4, -0.2) is 23.8 Å². The second kappa shape index (κ2) is 5.33. The van der Waals surface area contributed by atoms with Gasteiger partial charge in [-0.1, -0.05) is 18.1 Å². The van der Waals surface area contributed by atoms with Gasteiger partial charge < -0.3 is 14.8 Å². The molecule has 2 N–H and O–H groups in total. The van der Waals surface area contributed by atoms with Crippen LogP contribution in [0.1, 0.15) is 6.92 Å². The van der Waals surface area contributed by atoms with E-state index >= 15 is 0 Å². The van der Waals surface area contributed by atoms with Crippen LogP contribution in [-0.2, 0) is 0 Å². The molecule has 0 radical (unpaired) electrons. The highest BCUT2D eigenvalue weighted by atomic mass is 16.5. The lowest BCUT2D eigenvalue weighted by molar-refractivity contribution is 0.370. The van der Waals surface area contributed by atoms with Crippen LogP contribution in [0, 0.1) is 11.8 Å². The molecule has 0 amide bonds. The van der Waals surface area contributed by atoms with Gasteiger partial charge in [0.2, 0.25) is 0 Å². The van der Waals surface area contributed by atoms with Gasteiger partial charge in [-0.3, -0.25) is 0 Å². The average molecular weight is 190 g/mol. The zero-order valence-corrected chi connectivity index (χ0v) is 7.90. The van der Waals surface area contributed by atoms with Crippen molar-refractivity contribution >= 4 is 12.6 Å². The van der Waals surface area contributed by atoms with Crippen LogP contribution in [0.15, 0.2) is 24.3 Å². The third-order valence-electron chi connectivity index (χ3n) is 1.67. The van der Waals surface area contributed by atoms with Crippen molar-refractivity contribution < 1.29 is 14.8 Å². The van der Waals surface area contributed by atoms with Crippen molar-refractivity contribution in [1.29, 1.82) is 0 Å². The van der Waals surface area contributed by atoms with E-state index in [1.807, 2.05) is 0 Å². The van der Waals surface area contributed by atoms with E-state index < -0.39 is 7.12 Å². The molecule has 0 unspecified atom stereocenters. The lowest BCUT2D eigenvalue weighted by Crippen LogP contribution is -2.29. The quantitative estimate of drug-likeness (QED) is 0.511. The molecule has 0 aliphatic carbocycles. The molecule has 1 aromatic carbocycles. The molecular formula is C10H11BO3.